The average Bonchev–Trinajstić information content (AvgIpc) is 2.87. The number of halogens is 1. The Balaban J connectivity index is 1.95. The van der Waals surface area contributed by atoms with Crippen LogP contribution >= 0.6 is 11.6 Å². The fourth-order valence-electron chi connectivity index (χ4n) is 1.58. The largest absolute Gasteiger partial charge is 0.399 e. The van der Waals surface area contributed by atoms with Gasteiger partial charge in [0, 0.05) is 19.2 Å². The molecule has 0 atom stereocenters. The molecule has 1 aromatic heterocycles. The molecule has 0 amide bonds. The summed E-state index contributed by atoms with van der Waals surface area (Å²) in [5.74, 6) is 0.951. The molecule has 0 bridgehead atoms. The van der Waals surface area contributed by atoms with Gasteiger partial charge in [-0.2, -0.15) is 4.98 Å². The molecule has 0 saturated carbocycles. The van der Waals surface area contributed by atoms with Crippen LogP contribution < -0.4 is 5.73 Å². The molecule has 6 nitrogen and oxygen atoms in total. The number of nitrogens with two attached hydrogens (primary N) is 1. The number of hydrogen-bond donors (Lipinski definition) is 1. The standard InChI is InChI=1S/C13H16ClN3O3/c1-18-6-7-19-5-4-12-16-13(20-17-12)10-3-2-9(15)8-11(10)14/h2-3,8H,4-7,15H2,1H3. The lowest BCUT2D eigenvalue weighted by Crippen LogP contribution is -2.05. The van der Waals surface area contributed by atoms with Gasteiger partial charge >= 0.3 is 0 Å². The Kier molecular flexibility index (Phi) is 5.34. The highest BCUT2D eigenvalue weighted by atomic mass is 35.5. The first-order valence-electron chi connectivity index (χ1n) is 6.15. The first kappa shape index (κ1) is 14.8. The first-order valence-corrected chi connectivity index (χ1v) is 6.53. The third-order valence-electron chi connectivity index (χ3n) is 2.59. The van der Waals surface area contributed by atoms with Gasteiger partial charge in [0.05, 0.1) is 30.4 Å². The van der Waals surface area contributed by atoms with Gasteiger partial charge in [0.15, 0.2) is 5.82 Å². The maximum Gasteiger partial charge on any atom is 0.259 e. The highest BCUT2D eigenvalue weighted by Gasteiger charge is 2.12. The van der Waals surface area contributed by atoms with Crippen molar-refractivity contribution in [1.29, 1.82) is 0 Å². The van der Waals surface area contributed by atoms with Crippen molar-refractivity contribution in [2.75, 3.05) is 32.7 Å². The average molecular weight is 298 g/mol. The summed E-state index contributed by atoms with van der Waals surface area (Å²) < 4.78 is 15.4. The van der Waals surface area contributed by atoms with E-state index in [0.717, 1.165) is 0 Å². The molecule has 0 saturated heterocycles. The minimum absolute atomic E-state index is 0.377. The maximum absolute atomic E-state index is 6.09. The van der Waals surface area contributed by atoms with Crippen LogP contribution in [0.5, 0.6) is 0 Å². The van der Waals surface area contributed by atoms with Crippen LogP contribution in [0.1, 0.15) is 5.82 Å². The third-order valence-corrected chi connectivity index (χ3v) is 2.91. The SMILES string of the molecule is COCCOCCc1noc(-c2ccc(N)cc2Cl)n1. The Labute approximate surface area is 121 Å². The number of anilines is 1. The Morgan fingerprint density at radius 3 is 2.90 bits per heavy atom. The summed E-state index contributed by atoms with van der Waals surface area (Å²) in [5.41, 5.74) is 6.89. The molecule has 2 aromatic rings. The zero-order valence-corrected chi connectivity index (χ0v) is 11.9. The Hall–Kier alpha value is -1.63. The topological polar surface area (TPSA) is 83.4 Å². The van der Waals surface area contributed by atoms with Crippen LogP contribution in [0.25, 0.3) is 11.5 Å². The molecular weight excluding hydrogens is 282 g/mol. The van der Waals surface area contributed by atoms with Gasteiger partial charge in [0.2, 0.25) is 0 Å². The van der Waals surface area contributed by atoms with Crippen molar-refractivity contribution in [3.63, 3.8) is 0 Å². The summed E-state index contributed by atoms with van der Waals surface area (Å²) in [6.07, 6.45) is 0.569. The molecule has 1 aromatic carbocycles. The number of hydrogen-bond acceptors (Lipinski definition) is 6. The van der Waals surface area contributed by atoms with E-state index in [2.05, 4.69) is 10.1 Å². The molecule has 0 radical (unpaired) electrons. The van der Waals surface area contributed by atoms with Crippen LogP contribution in [0.15, 0.2) is 22.7 Å². The maximum atomic E-state index is 6.09. The second kappa shape index (κ2) is 7.23. The predicted octanol–water partition coefficient (Wildman–Crippen LogP) is 2.18. The first-order chi connectivity index (χ1) is 9.70. The smallest absolute Gasteiger partial charge is 0.259 e. The molecule has 0 aliphatic carbocycles. The Morgan fingerprint density at radius 1 is 1.30 bits per heavy atom. The van der Waals surface area contributed by atoms with Gasteiger partial charge in [-0.05, 0) is 18.2 Å². The summed E-state index contributed by atoms with van der Waals surface area (Å²) in [6.45, 7) is 1.63. The Bertz CT molecular complexity index is 560. The number of aromatic nitrogens is 2. The third kappa shape index (κ3) is 3.93. The van der Waals surface area contributed by atoms with E-state index in [4.69, 9.17) is 31.3 Å². The van der Waals surface area contributed by atoms with Crippen molar-refractivity contribution >= 4 is 17.3 Å². The van der Waals surface area contributed by atoms with Gasteiger partial charge < -0.3 is 19.7 Å². The lowest BCUT2D eigenvalue weighted by molar-refractivity contribution is 0.0714. The van der Waals surface area contributed by atoms with Crippen LogP contribution in [-0.2, 0) is 15.9 Å². The number of nitrogens with zero attached hydrogens (tertiary/aromatic N) is 2. The van der Waals surface area contributed by atoms with Gasteiger partial charge in [-0.25, -0.2) is 0 Å². The van der Waals surface area contributed by atoms with Crippen LogP contribution in [0.4, 0.5) is 5.69 Å². The van der Waals surface area contributed by atoms with E-state index in [0.29, 0.717) is 54.2 Å². The van der Waals surface area contributed by atoms with Crippen molar-refractivity contribution in [2.24, 2.45) is 0 Å². The monoisotopic (exact) mass is 297 g/mol. The molecule has 0 aliphatic heterocycles. The summed E-state index contributed by atoms with van der Waals surface area (Å²) >= 11 is 6.09. The molecule has 0 unspecified atom stereocenters. The van der Waals surface area contributed by atoms with Gasteiger partial charge in [0.1, 0.15) is 0 Å². The van der Waals surface area contributed by atoms with Crippen molar-refractivity contribution in [3.05, 3.63) is 29.0 Å². The van der Waals surface area contributed by atoms with E-state index in [1.807, 2.05) is 0 Å². The van der Waals surface area contributed by atoms with Crippen LogP contribution in [0.2, 0.25) is 5.02 Å². The molecule has 2 rings (SSSR count). The van der Waals surface area contributed by atoms with Crippen molar-refractivity contribution < 1.29 is 14.0 Å². The zero-order chi connectivity index (χ0) is 14.4. The summed E-state index contributed by atoms with van der Waals surface area (Å²) in [6, 6.07) is 5.14. The fraction of sp³-hybridized carbons (Fsp3) is 0.385. The van der Waals surface area contributed by atoms with Crippen molar-refractivity contribution in [2.45, 2.75) is 6.42 Å². The van der Waals surface area contributed by atoms with E-state index in [9.17, 15) is 0 Å². The number of rotatable bonds is 7. The predicted molar refractivity (Wildman–Crippen MR) is 75.6 cm³/mol. The molecule has 20 heavy (non-hydrogen) atoms. The highest BCUT2D eigenvalue weighted by molar-refractivity contribution is 6.33. The lowest BCUT2D eigenvalue weighted by Gasteiger charge is -2.00. The molecule has 0 aliphatic rings. The molecular formula is C13H16ClN3O3. The van der Waals surface area contributed by atoms with E-state index in [1.165, 1.54) is 0 Å². The van der Waals surface area contributed by atoms with Gasteiger partial charge in [-0.15, -0.1) is 0 Å². The number of methoxy groups -OCH3 is 1. The summed E-state index contributed by atoms with van der Waals surface area (Å²) in [7, 11) is 1.63. The fourth-order valence-corrected chi connectivity index (χ4v) is 1.85. The van der Waals surface area contributed by atoms with Crippen LogP contribution in [0.3, 0.4) is 0 Å². The number of ether oxygens (including phenoxy) is 2. The zero-order valence-electron chi connectivity index (χ0n) is 11.1. The molecule has 2 N–H and O–H groups in total. The minimum atomic E-state index is 0.377. The Morgan fingerprint density at radius 2 is 2.15 bits per heavy atom. The second-order valence-corrected chi connectivity index (χ2v) is 4.52. The van der Waals surface area contributed by atoms with Gasteiger partial charge in [-0.1, -0.05) is 16.8 Å². The van der Waals surface area contributed by atoms with E-state index < -0.39 is 0 Å². The van der Waals surface area contributed by atoms with Crippen molar-refractivity contribution in [3.8, 4) is 11.5 Å². The number of benzene rings is 1. The van der Waals surface area contributed by atoms with Crippen LogP contribution in [0, 0.1) is 0 Å². The molecule has 0 spiro atoms. The van der Waals surface area contributed by atoms with Crippen molar-refractivity contribution in [1.82, 2.24) is 10.1 Å². The van der Waals surface area contributed by atoms with Gasteiger partial charge in [-0.3, -0.25) is 0 Å². The second-order valence-electron chi connectivity index (χ2n) is 4.11. The molecule has 1 heterocycles. The van der Waals surface area contributed by atoms with Crippen LogP contribution in [-0.4, -0.2) is 37.1 Å². The quantitative estimate of drug-likeness (QED) is 0.623. The molecule has 0 fully saturated rings. The van der Waals surface area contributed by atoms with E-state index >= 15 is 0 Å². The van der Waals surface area contributed by atoms with Gasteiger partial charge in [0.25, 0.3) is 5.89 Å². The molecule has 108 valence electrons. The van der Waals surface area contributed by atoms with E-state index in [-0.39, 0.29) is 0 Å². The molecule has 7 heteroatoms. The number of nitrogen functional groups attached to an aromatic ring is 1. The normalized spacial score (nSPS) is 10.9. The minimum Gasteiger partial charge on any atom is -0.399 e. The summed E-state index contributed by atoms with van der Waals surface area (Å²) in [5, 5.41) is 4.37. The van der Waals surface area contributed by atoms with E-state index in [1.54, 1.807) is 25.3 Å². The highest BCUT2D eigenvalue weighted by Crippen LogP contribution is 2.28. The summed E-state index contributed by atoms with van der Waals surface area (Å²) in [4.78, 5) is 4.27. The lowest BCUT2D eigenvalue weighted by atomic mass is 10.2.